The predicted molar refractivity (Wildman–Crippen MR) is 53.4 cm³/mol. The van der Waals surface area contributed by atoms with Crippen molar-refractivity contribution in [2.75, 3.05) is 7.05 Å². The van der Waals surface area contributed by atoms with Gasteiger partial charge in [0.15, 0.2) is 0 Å². The highest BCUT2D eigenvalue weighted by molar-refractivity contribution is 7.07. The fourth-order valence-corrected chi connectivity index (χ4v) is 1.57. The smallest absolute Gasteiger partial charge is 0.239 e. The molecule has 1 aromatic heterocycles. The Morgan fingerprint density at radius 2 is 2.57 bits per heavy atom. The van der Waals surface area contributed by atoms with Crippen molar-refractivity contribution >= 4 is 17.2 Å². The van der Waals surface area contributed by atoms with Gasteiger partial charge in [0, 0.05) is 12.4 Å². The minimum Gasteiger partial charge on any atom is -0.339 e. The molecule has 0 spiro atoms. The molecule has 4 nitrogen and oxygen atoms in total. The maximum absolute atomic E-state index is 11.5. The lowest BCUT2D eigenvalue weighted by atomic mass is 10.2. The molecular weight excluding hydrogens is 198 g/mol. The summed E-state index contributed by atoms with van der Waals surface area (Å²) in [5, 5.41) is 10.5. The van der Waals surface area contributed by atoms with Crippen LogP contribution in [0.1, 0.15) is 12.6 Å². The van der Waals surface area contributed by atoms with Crippen molar-refractivity contribution in [3.63, 3.8) is 0 Å². The Balaban J connectivity index is 2.55. The van der Waals surface area contributed by atoms with E-state index in [1.165, 1.54) is 16.2 Å². The molecule has 74 valence electrons. The Hall–Kier alpha value is -1.41. The predicted octanol–water partition coefficient (Wildman–Crippen LogP) is 1.26. The maximum atomic E-state index is 11.5. The van der Waals surface area contributed by atoms with Crippen molar-refractivity contribution in [1.29, 1.82) is 5.26 Å². The molecule has 5 heteroatoms. The normalized spacial score (nSPS) is 11.8. The van der Waals surface area contributed by atoms with Gasteiger partial charge in [-0.15, -0.1) is 11.3 Å². The van der Waals surface area contributed by atoms with E-state index in [9.17, 15) is 4.79 Å². The molecule has 0 radical (unpaired) electrons. The molecule has 0 aliphatic heterocycles. The Bertz CT molecular complexity index is 341. The van der Waals surface area contributed by atoms with Gasteiger partial charge in [-0.3, -0.25) is 4.79 Å². The third kappa shape index (κ3) is 2.54. The summed E-state index contributed by atoms with van der Waals surface area (Å²) >= 11 is 1.49. The summed E-state index contributed by atoms with van der Waals surface area (Å²) in [6.45, 7) is 2.06. The van der Waals surface area contributed by atoms with E-state index in [4.69, 9.17) is 5.26 Å². The van der Waals surface area contributed by atoms with Crippen molar-refractivity contribution in [3.8, 4) is 6.07 Å². The molecule has 1 amide bonds. The number of carbonyl (C=O) groups is 1. The number of carbonyl (C=O) groups excluding carboxylic acids is 1. The van der Waals surface area contributed by atoms with E-state index in [0.717, 1.165) is 5.69 Å². The van der Waals surface area contributed by atoms with Crippen molar-refractivity contribution < 1.29 is 4.79 Å². The van der Waals surface area contributed by atoms with Crippen LogP contribution in [-0.2, 0) is 11.3 Å². The number of nitrogens with zero attached hydrogens (tertiary/aromatic N) is 3. The van der Waals surface area contributed by atoms with E-state index in [0.29, 0.717) is 6.54 Å². The van der Waals surface area contributed by atoms with Crippen LogP contribution in [0.3, 0.4) is 0 Å². The average molecular weight is 209 g/mol. The van der Waals surface area contributed by atoms with Gasteiger partial charge in [-0.2, -0.15) is 5.26 Å². The molecule has 0 aromatic carbocycles. The molecule has 1 rings (SSSR count). The standard InChI is InChI=1S/C9H11N3OS/c1-7(3-10)9(13)12(2)4-8-5-14-6-11-8/h5-7H,4H2,1-2H3. The van der Waals surface area contributed by atoms with E-state index >= 15 is 0 Å². The van der Waals surface area contributed by atoms with Crippen LogP contribution in [0.15, 0.2) is 10.9 Å². The first-order chi connectivity index (χ1) is 6.65. The van der Waals surface area contributed by atoms with Crippen LogP contribution >= 0.6 is 11.3 Å². The third-order valence-corrected chi connectivity index (χ3v) is 2.46. The molecule has 0 N–H and O–H groups in total. The molecule has 0 saturated carbocycles. The van der Waals surface area contributed by atoms with Crippen molar-refractivity contribution in [2.45, 2.75) is 13.5 Å². The first-order valence-electron chi connectivity index (χ1n) is 4.16. The van der Waals surface area contributed by atoms with Gasteiger partial charge in [0.1, 0.15) is 5.92 Å². The highest BCUT2D eigenvalue weighted by Crippen LogP contribution is 2.06. The Kier molecular flexibility index (Phi) is 3.60. The van der Waals surface area contributed by atoms with Gasteiger partial charge >= 0.3 is 0 Å². The van der Waals surface area contributed by atoms with E-state index in [2.05, 4.69) is 4.98 Å². The van der Waals surface area contributed by atoms with Crippen LogP contribution in [0, 0.1) is 17.2 Å². The van der Waals surface area contributed by atoms with Crippen LogP contribution in [0.5, 0.6) is 0 Å². The van der Waals surface area contributed by atoms with Crippen LogP contribution in [0.2, 0.25) is 0 Å². The van der Waals surface area contributed by atoms with E-state index in [-0.39, 0.29) is 5.91 Å². The third-order valence-electron chi connectivity index (χ3n) is 1.82. The lowest BCUT2D eigenvalue weighted by Gasteiger charge is -2.16. The zero-order chi connectivity index (χ0) is 10.6. The summed E-state index contributed by atoms with van der Waals surface area (Å²) < 4.78 is 0. The van der Waals surface area contributed by atoms with Crippen LogP contribution in [-0.4, -0.2) is 22.8 Å². The summed E-state index contributed by atoms with van der Waals surface area (Å²) in [5.41, 5.74) is 2.58. The minimum absolute atomic E-state index is 0.166. The fraction of sp³-hybridized carbons (Fsp3) is 0.444. The van der Waals surface area contributed by atoms with Gasteiger partial charge in [-0.1, -0.05) is 0 Å². The molecule has 0 fully saturated rings. The maximum Gasteiger partial charge on any atom is 0.239 e. The molecule has 0 saturated heterocycles. The number of hydrogen-bond donors (Lipinski definition) is 0. The van der Waals surface area contributed by atoms with Gasteiger partial charge in [0.05, 0.1) is 23.8 Å². The van der Waals surface area contributed by atoms with E-state index in [1.54, 1.807) is 19.5 Å². The SMILES string of the molecule is CC(C#N)C(=O)N(C)Cc1cscn1. The molecule has 14 heavy (non-hydrogen) atoms. The summed E-state index contributed by atoms with van der Waals surface area (Å²) in [5.74, 6) is -0.751. The van der Waals surface area contributed by atoms with Gasteiger partial charge in [0.25, 0.3) is 0 Å². The number of amides is 1. The van der Waals surface area contributed by atoms with Crippen molar-refractivity contribution in [1.82, 2.24) is 9.88 Å². The quantitative estimate of drug-likeness (QED) is 0.753. The van der Waals surface area contributed by atoms with E-state index < -0.39 is 5.92 Å². The Morgan fingerprint density at radius 1 is 1.86 bits per heavy atom. The zero-order valence-corrected chi connectivity index (χ0v) is 8.91. The molecule has 1 atom stereocenters. The summed E-state index contributed by atoms with van der Waals surface area (Å²) in [6.07, 6.45) is 0. The molecule has 1 unspecified atom stereocenters. The second-order valence-corrected chi connectivity index (χ2v) is 3.74. The van der Waals surface area contributed by atoms with Gasteiger partial charge in [-0.05, 0) is 6.92 Å². The molecule has 1 heterocycles. The molecule has 0 bridgehead atoms. The number of thiazole rings is 1. The Labute approximate surface area is 86.8 Å². The number of aromatic nitrogens is 1. The first kappa shape index (κ1) is 10.7. The van der Waals surface area contributed by atoms with Gasteiger partial charge in [0.2, 0.25) is 5.91 Å². The number of hydrogen-bond acceptors (Lipinski definition) is 4. The summed E-state index contributed by atoms with van der Waals surface area (Å²) in [4.78, 5) is 17.1. The van der Waals surface area contributed by atoms with Crippen LogP contribution < -0.4 is 0 Å². The second kappa shape index (κ2) is 4.72. The second-order valence-electron chi connectivity index (χ2n) is 3.02. The molecule has 0 aliphatic carbocycles. The highest BCUT2D eigenvalue weighted by Gasteiger charge is 2.16. The highest BCUT2D eigenvalue weighted by atomic mass is 32.1. The Morgan fingerprint density at radius 3 is 3.07 bits per heavy atom. The van der Waals surface area contributed by atoms with Gasteiger partial charge < -0.3 is 4.90 Å². The number of rotatable bonds is 3. The lowest BCUT2D eigenvalue weighted by molar-refractivity contribution is -0.132. The number of nitriles is 1. The largest absolute Gasteiger partial charge is 0.339 e. The topological polar surface area (TPSA) is 57.0 Å². The fourth-order valence-electron chi connectivity index (χ4n) is 1.02. The summed E-state index contributed by atoms with van der Waals surface area (Å²) in [7, 11) is 1.68. The minimum atomic E-state index is -0.585. The molecule has 1 aromatic rings. The first-order valence-corrected chi connectivity index (χ1v) is 5.11. The summed E-state index contributed by atoms with van der Waals surface area (Å²) in [6, 6.07) is 1.92. The van der Waals surface area contributed by atoms with Crippen molar-refractivity contribution in [3.05, 3.63) is 16.6 Å². The van der Waals surface area contributed by atoms with Crippen LogP contribution in [0.4, 0.5) is 0 Å². The average Bonchev–Trinajstić information content (AvgIpc) is 2.68. The van der Waals surface area contributed by atoms with E-state index in [1.807, 2.05) is 11.4 Å². The monoisotopic (exact) mass is 209 g/mol. The zero-order valence-electron chi connectivity index (χ0n) is 8.10. The molecular formula is C9H11N3OS. The van der Waals surface area contributed by atoms with Gasteiger partial charge in [-0.25, -0.2) is 4.98 Å². The lowest BCUT2D eigenvalue weighted by Crippen LogP contribution is -2.30. The van der Waals surface area contributed by atoms with Crippen molar-refractivity contribution in [2.24, 2.45) is 5.92 Å². The molecule has 0 aliphatic rings. The van der Waals surface area contributed by atoms with Crippen LogP contribution in [0.25, 0.3) is 0 Å².